The van der Waals surface area contributed by atoms with Crippen LogP contribution in [0.5, 0.6) is 5.75 Å². The Morgan fingerprint density at radius 1 is 1.25 bits per heavy atom. The Kier molecular flexibility index (Phi) is 6.82. The van der Waals surface area contributed by atoms with Crippen LogP contribution in [0.3, 0.4) is 0 Å². The normalized spacial score (nSPS) is 13.9. The number of hydrogen-bond acceptors (Lipinski definition) is 4. The van der Waals surface area contributed by atoms with E-state index in [0.717, 1.165) is 30.0 Å². The van der Waals surface area contributed by atoms with E-state index in [1.54, 1.807) is 21.1 Å². The van der Waals surface area contributed by atoms with Gasteiger partial charge in [0.05, 0.1) is 19.8 Å². The van der Waals surface area contributed by atoms with Crippen LogP contribution in [0.15, 0.2) is 18.2 Å². The molecule has 4 heteroatoms. The van der Waals surface area contributed by atoms with Crippen molar-refractivity contribution < 1.29 is 14.6 Å². The molecule has 0 saturated heterocycles. The molecule has 4 nitrogen and oxygen atoms in total. The van der Waals surface area contributed by atoms with Gasteiger partial charge in [-0.2, -0.15) is 0 Å². The Labute approximate surface area is 122 Å². The van der Waals surface area contributed by atoms with Crippen LogP contribution < -0.4 is 9.64 Å². The summed E-state index contributed by atoms with van der Waals surface area (Å²) in [6, 6.07) is 6.25. The van der Waals surface area contributed by atoms with Crippen molar-refractivity contribution in [1.82, 2.24) is 0 Å². The van der Waals surface area contributed by atoms with Crippen LogP contribution in [0.1, 0.15) is 38.9 Å². The van der Waals surface area contributed by atoms with Crippen molar-refractivity contribution in [2.45, 2.75) is 39.3 Å². The maximum atomic E-state index is 10.1. The first kappa shape index (κ1) is 16.8. The van der Waals surface area contributed by atoms with Crippen molar-refractivity contribution in [3.63, 3.8) is 0 Å². The fourth-order valence-corrected chi connectivity index (χ4v) is 2.37. The van der Waals surface area contributed by atoms with Crippen LogP contribution in [0.4, 0.5) is 5.69 Å². The predicted molar refractivity (Wildman–Crippen MR) is 82.6 cm³/mol. The zero-order valence-electron chi connectivity index (χ0n) is 13.2. The third kappa shape index (κ3) is 3.87. The minimum Gasteiger partial charge on any atom is -0.496 e. The Morgan fingerprint density at radius 3 is 2.45 bits per heavy atom. The zero-order valence-corrected chi connectivity index (χ0v) is 13.2. The molecule has 20 heavy (non-hydrogen) atoms. The third-order valence-electron chi connectivity index (χ3n) is 3.65. The molecule has 0 fully saturated rings. The molecule has 0 aliphatic carbocycles. The van der Waals surface area contributed by atoms with Gasteiger partial charge < -0.3 is 19.5 Å². The summed E-state index contributed by atoms with van der Waals surface area (Å²) in [7, 11) is 3.34. The minimum absolute atomic E-state index is 0.370. The summed E-state index contributed by atoms with van der Waals surface area (Å²) >= 11 is 0. The number of anilines is 1. The topological polar surface area (TPSA) is 41.9 Å². The maximum Gasteiger partial charge on any atom is 0.126 e. The Hall–Kier alpha value is -1.26. The van der Waals surface area contributed by atoms with Crippen LogP contribution in [0.2, 0.25) is 0 Å². The summed E-state index contributed by atoms with van der Waals surface area (Å²) < 4.78 is 10.6. The summed E-state index contributed by atoms with van der Waals surface area (Å²) in [6.07, 6.45) is 0.454. The van der Waals surface area contributed by atoms with E-state index >= 15 is 0 Å². The van der Waals surface area contributed by atoms with Gasteiger partial charge in [0.15, 0.2) is 0 Å². The van der Waals surface area contributed by atoms with Gasteiger partial charge in [-0.05, 0) is 32.4 Å². The van der Waals surface area contributed by atoms with E-state index in [2.05, 4.69) is 18.7 Å². The first-order valence-corrected chi connectivity index (χ1v) is 7.17. The lowest BCUT2D eigenvalue weighted by Gasteiger charge is -2.33. The van der Waals surface area contributed by atoms with E-state index in [-0.39, 0.29) is 0 Å². The number of benzene rings is 1. The van der Waals surface area contributed by atoms with Gasteiger partial charge >= 0.3 is 0 Å². The van der Waals surface area contributed by atoms with Crippen LogP contribution >= 0.6 is 0 Å². The molecule has 0 amide bonds. The SMILES string of the molecule is CCC(C)N(CCOC)c1cccc(OC)c1C(C)O. The van der Waals surface area contributed by atoms with Crippen LogP contribution in [-0.2, 0) is 4.74 Å². The number of ether oxygens (including phenoxy) is 2. The van der Waals surface area contributed by atoms with Gasteiger partial charge in [0.1, 0.15) is 5.75 Å². The highest BCUT2D eigenvalue weighted by Gasteiger charge is 2.21. The highest BCUT2D eigenvalue weighted by molar-refractivity contribution is 5.61. The summed E-state index contributed by atoms with van der Waals surface area (Å²) in [5.74, 6) is 0.725. The van der Waals surface area contributed by atoms with E-state index in [1.165, 1.54) is 0 Å². The first-order chi connectivity index (χ1) is 9.56. The second kappa shape index (κ2) is 8.12. The molecule has 1 aromatic carbocycles. The van der Waals surface area contributed by atoms with E-state index in [4.69, 9.17) is 9.47 Å². The average molecular weight is 281 g/mol. The molecule has 0 radical (unpaired) electrons. The highest BCUT2D eigenvalue weighted by atomic mass is 16.5. The van der Waals surface area contributed by atoms with Crippen molar-refractivity contribution in [3.8, 4) is 5.75 Å². The van der Waals surface area contributed by atoms with Gasteiger partial charge in [-0.25, -0.2) is 0 Å². The predicted octanol–water partition coefficient (Wildman–Crippen LogP) is 3.00. The Bertz CT molecular complexity index is 407. The quantitative estimate of drug-likeness (QED) is 0.795. The largest absolute Gasteiger partial charge is 0.496 e. The summed E-state index contributed by atoms with van der Waals surface area (Å²) in [6.45, 7) is 7.55. The van der Waals surface area contributed by atoms with Gasteiger partial charge in [-0.15, -0.1) is 0 Å². The first-order valence-electron chi connectivity index (χ1n) is 7.17. The second-order valence-corrected chi connectivity index (χ2v) is 5.01. The standard InChI is InChI=1S/C16H27NO3/c1-6-12(2)17(10-11-19-4)14-8-7-9-15(20-5)16(14)13(3)18/h7-9,12-13,18H,6,10-11H2,1-5H3. The molecule has 2 unspecified atom stereocenters. The Balaban J connectivity index is 3.24. The van der Waals surface area contributed by atoms with Gasteiger partial charge in [0.25, 0.3) is 0 Å². The fourth-order valence-electron chi connectivity index (χ4n) is 2.37. The maximum absolute atomic E-state index is 10.1. The molecule has 0 aliphatic rings. The summed E-state index contributed by atoms with van der Waals surface area (Å²) in [5.41, 5.74) is 1.86. The highest BCUT2D eigenvalue weighted by Crippen LogP contribution is 2.35. The molecule has 1 aromatic rings. The average Bonchev–Trinajstić information content (AvgIpc) is 2.46. The lowest BCUT2D eigenvalue weighted by molar-refractivity contribution is 0.192. The second-order valence-electron chi connectivity index (χ2n) is 5.01. The van der Waals surface area contributed by atoms with Crippen LogP contribution in [0.25, 0.3) is 0 Å². The Morgan fingerprint density at radius 2 is 1.95 bits per heavy atom. The van der Waals surface area contributed by atoms with Gasteiger partial charge in [-0.1, -0.05) is 13.0 Å². The number of aliphatic hydroxyl groups is 1. The molecular weight excluding hydrogens is 254 g/mol. The van der Waals surface area contributed by atoms with E-state index in [0.29, 0.717) is 12.6 Å². The fraction of sp³-hybridized carbons (Fsp3) is 0.625. The zero-order chi connectivity index (χ0) is 15.1. The lowest BCUT2D eigenvalue weighted by atomic mass is 10.0. The van der Waals surface area contributed by atoms with E-state index in [1.807, 2.05) is 18.2 Å². The van der Waals surface area contributed by atoms with Crippen LogP contribution in [0, 0.1) is 0 Å². The van der Waals surface area contributed by atoms with Gasteiger partial charge in [0, 0.05) is 30.9 Å². The third-order valence-corrected chi connectivity index (χ3v) is 3.65. The van der Waals surface area contributed by atoms with Crippen molar-refractivity contribution >= 4 is 5.69 Å². The van der Waals surface area contributed by atoms with Crippen molar-refractivity contribution in [2.24, 2.45) is 0 Å². The molecule has 0 aromatic heterocycles. The molecule has 2 atom stereocenters. The lowest BCUT2D eigenvalue weighted by Crippen LogP contribution is -2.36. The molecule has 1 rings (SSSR count). The molecule has 0 bridgehead atoms. The molecule has 0 spiro atoms. The van der Waals surface area contributed by atoms with Gasteiger partial charge in [-0.3, -0.25) is 0 Å². The van der Waals surface area contributed by atoms with E-state index in [9.17, 15) is 5.11 Å². The number of nitrogens with zero attached hydrogens (tertiary/aromatic N) is 1. The van der Waals surface area contributed by atoms with E-state index < -0.39 is 6.10 Å². The van der Waals surface area contributed by atoms with Crippen molar-refractivity contribution in [1.29, 1.82) is 0 Å². The number of hydrogen-bond donors (Lipinski definition) is 1. The molecule has 0 heterocycles. The molecule has 114 valence electrons. The minimum atomic E-state index is -0.574. The summed E-state index contributed by atoms with van der Waals surface area (Å²) in [5, 5.41) is 10.1. The molecule has 1 N–H and O–H groups in total. The molecule has 0 aliphatic heterocycles. The smallest absolute Gasteiger partial charge is 0.126 e. The van der Waals surface area contributed by atoms with Crippen LogP contribution in [-0.4, -0.2) is 38.5 Å². The van der Waals surface area contributed by atoms with Gasteiger partial charge in [0.2, 0.25) is 0 Å². The van der Waals surface area contributed by atoms with Crippen molar-refractivity contribution in [3.05, 3.63) is 23.8 Å². The molecular formula is C16H27NO3. The molecule has 0 saturated carbocycles. The monoisotopic (exact) mass is 281 g/mol. The number of aliphatic hydroxyl groups excluding tert-OH is 1. The number of methoxy groups -OCH3 is 2. The number of rotatable bonds is 8. The van der Waals surface area contributed by atoms with Crippen molar-refractivity contribution in [2.75, 3.05) is 32.3 Å². The summed E-state index contributed by atoms with van der Waals surface area (Å²) in [4.78, 5) is 2.27.